The van der Waals surface area contributed by atoms with Crippen molar-refractivity contribution < 1.29 is 0 Å². The molecule has 5 aromatic rings. The number of hydrogen-bond donors (Lipinski definition) is 2. The lowest BCUT2D eigenvalue weighted by Gasteiger charge is -2.11. The molecule has 0 saturated heterocycles. The van der Waals surface area contributed by atoms with Gasteiger partial charge in [-0.1, -0.05) is 47.5 Å². The van der Waals surface area contributed by atoms with Crippen molar-refractivity contribution in [2.45, 2.75) is 13.8 Å². The monoisotopic (exact) mass is 460 g/mol. The third-order valence-electron chi connectivity index (χ3n) is 5.89. The first-order chi connectivity index (χ1) is 15.3. The van der Waals surface area contributed by atoms with Crippen molar-refractivity contribution in [3.63, 3.8) is 0 Å². The van der Waals surface area contributed by atoms with E-state index < -0.39 is 0 Å². The van der Waals surface area contributed by atoms with Crippen LogP contribution in [0, 0.1) is 13.8 Å². The van der Waals surface area contributed by atoms with Crippen molar-refractivity contribution in [3.05, 3.63) is 102 Å². The fraction of sp³-hybridized carbons (Fsp3) is 0.0769. The van der Waals surface area contributed by atoms with Crippen LogP contribution >= 0.6 is 23.2 Å². The molecule has 0 saturated carbocycles. The van der Waals surface area contributed by atoms with Crippen LogP contribution in [0.25, 0.3) is 44.3 Å². The van der Waals surface area contributed by atoms with E-state index in [0.717, 1.165) is 22.3 Å². The highest BCUT2D eigenvalue weighted by atomic mass is 35.5. The largest absolute Gasteiger partial charge is 0.354 e. The van der Waals surface area contributed by atoms with Gasteiger partial charge in [-0.2, -0.15) is 0 Å². The highest BCUT2D eigenvalue weighted by molar-refractivity contribution is 6.32. The SMILES string of the molecule is Cc1c(Cl)cccc1-c1cc(=O)c2cc3[nH]c(-c4cccc(Cl)c4C)cc(=O)c3cc2[nH]1. The van der Waals surface area contributed by atoms with Gasteiger partial charge in [0, 0.05) is 44.1 Å². The summed E-state index contributed by atoms with van der Waals surface area (Å²) in [4.78, 5) is 32.6. The maximum atomic E-state index is 13.0. The van der Waals surface area contributed by atoms with Gasteiger partial charge in [0.05, 0.1) is 22.4 Å². The minimum Gasteiger partial charge on any atom is -0.354 e. The second kappa shape index (κ2) is 7.66. The van der Waals surface area contributed by atoms with Gasteiger partial charge in [0.25, 0.3) is 0 Å². The number of pyridine rings is 2. The van der Waals surface area contributed by atoms with Crippen LogP contribution in [0.15, 0.2) is 70.3 Å². The minimum absolute atomic E-state index is 0.139. The van der Waals surface area contributed by atoms with Crippen LogP contribution in [0.2, 0.25) is 10.0 Å². The van der Waals surface area contributed by atoms with Gasteiger partial charge >= 0.3 is 0 Å². The van der Waals surface area contributed by atoms with Gasteiger partial charge in [0.15, 0.2) is 10.9 Å². The van der Waals surface area contributed by atoms with Crippen molar-refractivity contribution in [1.29, 1.82) is 0 Å². The normalized spacial score (nSPS) is 11.4. The van der Waals surface area contributed by atoms with Crippen LogP contribution in [0.5, 0.6) is 0 Å². The summed E-state index contributed by atoms with van der Waals surface area (Å²) in [7, 11) is 0. The molecule has 0 amide bonds. The molecule has 2 heterocycles. The van der Waals surface area contributed by atoms with Crippen LogP contribution in [-0.2, 0) is 0 Å². The van der Waals surface area contributed by atoms with Gasteiger partial charge in [-0.25, -0.2) is 0 Å². The molecule has 158 valence electrons. The summed E-state index contributed by atoms with van der Waals surface area (Å²) >= 11 is 12.5. The molecule has 32 heavy (non-hydrogen) atoms. The Morgan fingerprint density at radius 2 is 1.03 bits per heavy atom. The quantitative estimate of drug-likeness (QED) is 0.290. The predicted octanol–water partition coefficient (Wildman–Crippen LogP) is 6.63. The Morgan fingerprint density at radius 3 is 1.44 bits per heavy atom. The van der Waals surface area contributed by atoms with E-state index in [2.05, 4.69) is 9.97 Å². The van der Waals surface area contributed by atoms with Crippen molar-refractivity contribution in [2.75, 3.05) is 0 Å². The number of nitrogens with one attached hydrogen (secondary N) is 2. The Labute approximate surface area is 193 Å². The molecule has 0 radical (unpaired) electrons. The first-order valence-corrected chi connectivity index (χ1v) is 10.8. The number of benzene rings is 3. The molecule has 6 heteroatoms. The van der Waals surface area contributed by atoms with Crippen molar-refractivity contribution in [2.24, 2.45) is 0 Å². The fourth-order valence-corrected chi connectivity index (χ4v) is 4.43. The van der Waals surface area contributed by atoms with E-state index in [1.807, 2.05) is 50.2 Å². The lowest BCUT2D eigenvalue weighted by atomic mass is 10.0. The number of hydrogen-bond acceptors (Lipinski definition) is 2. The number of halogens is 2. The number of aromatic amines is 2. The van der Waals surface area contributed by atoms with Crippen molar-refractivity contribution >= 4 is 45.0 Å². The molecule has 0 aliphatic heterocycles. The number of fused-ring (bicyclic) bond motifs is 2. The van der Waals surface area contributed by atoms with Gasteiger partial charge in [-0.05, 0) is 49.2 Å². The van der Waals surface area contributed by atoms with Gasteiger partial charge in [0.1, 0.15) is 0 Å². The molecule has 0 fully saturated rings. The van der Waals surface area contributed by atoms with E-state index >= 15 is 0 Å². The molecule has 2 aromatic heterocycles. The molecule has 0 atom stereocenters. The number of H-pyrrole nitrogens is 2. The second-order valence-corrected chi connectivity index (χ2v) is 8.68. The first-order valence-electron chi connectivity index (χ1n) is 10.1. The van der Waals surface area contributed by atoms with Crippen LogP contribution in [0.4, 0.5) is 0 Å². The maximum Gasteiger partial charge on any atom is 0.190 e. The molecular weight excluding hydrogens is 443 g/mol. The fourth-order valence-electron chi connectivity index (χ4n) is 4.08. The second-order valence-electron chi connectivity index (χ2n) is 7.86. The lowest BCUT2D eigenvalue weighted by Crippen LogP contribution is -2.07. The summed E-state index contributed by atoms with van der Waals surface area (Å²) in [6.45, 7) is 3.81. The van der Waals surface area contributed by atoms with Crippen LogP contribution in [0.3, 0.4) is 0 Å². The molecule has 2 N–H and O–H groups in total. The van der Waals surface area contributed by atoms with E-state index in [1.54, 1.807) is 24.3 Å². The smallest absolute Gasteiger partial charge is 0.190 e. The summed E-state index contributed by atoms with van der Waals surface area (Å²) in [5, 5.41) is 2.25. The Morgan fingerprint density at radius 1 is 0.625 bits per heavy atom. The first kappa shape index (κ1) is 20.6. The molecule has 0 aliphatic carbocycles. The number of aromatic nitrogens is 2. The van der Waals surface area contributed by atoms with Crippen molar-refractivity contribution in [3.8, 4) is 22.5 Å². The van der Waals surface area contributed by atoms with E-state index in [9.17, 15) is 9.59 Å². The van der Waals surface area contributed by atoms with Gasteiger partial charge < -0.3 is 9.97 Å². The third kappa shape index (κ3) is 3.32. The zero-order valence-corrected chi connectivity index (χ0v) is 18.9. The Kier molecular flexibility index (Phi) is 4.92. The summed E-state index contributed by atoms with van der Waals surface area (Å²) in [6, 6.07) is 17.7. The standard InChI is InChI=1S/C26H18Cl2N2O2/c1-13-15(5-3-7-19(13)27)23-11-25(31)17-10-22-18(9-21(17)29-23)26(32)12-24(30-22)16-6-4-8-20(28)14(16)2/h3-12H,1-2H3,(H,29,31)(H,30,32). The van der Waals surface area contributed by atoms with Crippen LogP contribution < -0.4 is 10.9 Å². The molecule has 0 bridgehead atoms. The Bertz CT molecular complexity index is 1540. The number of rotatable bonds is 2. The van der Waals surface area contributed by atoms with E-state index in [4.69, 9.17) is 23.2 Å². The molecular formula is C26H18Cl2N2O2. The Balaban J connectivity index is 1.76. The van der Waals surface area contributed by atoms with E-state index in [-0.39, 0.29) is 10.9 Å². The summed E-state index contributed by atoms with van der Waals surface area (Å²) in [6.07, 6.45) is 0. The summed E-state index contributed by atoms with van der Waals surface area (Å²) in [5.41, 5.74) is 5.67. The van der Waals surface area contributed by atoms with Gasteiger partial charge in [0.2, 0.25) is 0 Å². The summed E-state index contributed by atoms with van der Waals surface area (Å²) in [5.74, 6) is 0. The maximum absolute atomic E-state index is 13.0. The Hall–Kier alpha value is -3.34. The average molecular weight is 461 g/mol. The van der Waals surface area contributed by atoms with Crippen LogP contribution in [-0.4, -0.2) is 9.97 Å². The topological polar surface area (TPSA) is 65.7 Å². The third-order valence-corrected chi connectivity index (χ3v) is 6.71. The molecule has 0 unspecified atom stereocenters. The summed E-state index contributed by atoms with van der Waals surface area (Å²) < 4.78 is 0. The average Bonchev–Trinajstić information content (AvgIpc) is 2.76. The molecule has 0 spiro atoms. The van der Waals surface area contributed by atoms with Crippen molar-refractivity contribution in [1.82, 2.24) is 9.97 Å². The lowest BCUT2D eigenvalue weighted by molar-refractivity contribution is 1.33. The zero-order valence-electron chi connectivity index (χ0n) is 17.3. The van der Waals surface area contributed by atoms with Gasteiger partial charge in [-0.3, -0.25) is 9.59 Å². The minimum atomic E-state index is -0.139. The zero-order chi connectivity index (χ0) is 22.6. The van der Waals surface area contributed by atoms with E-state index in [1.165, 1.54) is 0 Å². The highest BCUT2D eigenvalue weighted by Gasteiger charge is 2.13. The van der Waals surface area contributed by atoms with Gasteiger partial charge in [-0.15, -0.1) is 0 Å². The predicted molar refractivity (Wildman–Crippen MR) is 133 cm³/mol. The molecule has 3 aromatic carbocycles. The van der Waals surface area contributed by atoms with E-state index in [0.29, 0.717) is 43.2 Å². The molecule has 0 aliphatic rings. The highest BCUT2D eigenvalue weighted by Crippen LogP contribution is 2.30. The molecule has 4 nitrogen and oxygen atoms in total. The molecule has 5 rings (SSSR count). The van der Waals surface area contributed by atoms with Crippen LogP contribution in [0.1, 0.15) is 11.1 Å².